The minimum absolute atomic E-state index is 0.00303. The van der Waals surface area contributed by atoms with E-state index in [2.05, 4.69) is 25.6 Å². The molecule has 4 aromatic rings. The summed E-state index contributed by atoms with van der Waals surface area (Å²) in [5, 5.41) is 6.06. The molecule has 38 heavy (non-hydrogen) atoms. The Kier molecular flexibility index (Phi) is 5.70. The monoisotopic (exact) mass is 531 g/mol. The zero-order valence-corrected chi connectivity index (χ0v) is 19.9. The van der Waals surface area contributed by atoms with Crippen molar-refractivity contribution in [3.05, 3.63) is 69.5 Å². The van der Waals surface area contributed by atoms with Crippen molar-refractivity contribution < 1.29 is 22.0 Å². The molecule has 2 N–H and O–H groups in total. The predicted molar refractivity (Wildman–Crippen MR) is 129 cm³/mol. The van der Waals surface area contributed by atoms with Crippen molar-refractivity contribution in [2.45, 2.75) is 43.9 Å². The average molecular weight is 531 g/mol. The molecule has 0 amide bonds. The van der Waals surface area contributed by atoms with Gasteiger partial charge >= 0.3 is 6.18 Å². The molecule has 0 saturated heterocycles. The number of pyridine rings is 1. The highest BCUT2D eigenvalue weighted by Crippen LogP contribution is 2.48. The van der Waals surface area contributed by atoms with Gasteiger partial charge in [-0.3, -0.25) is 9.18 Å². The van der Waals surface area contributed by atoms with E-state index >= 15 is 4.39 Å². The van der Waals surface area contributed by atoms with E-state index in [1.54, 1.807) is 0 Å². The standard InChI is InChI=1S/C25H22F5N7O/c26-12-24(6-7-24)19-4-3-18(27)21(34-19)37-20-17(22(38)36(37)13-25(28,29)30)11-32-23(35-20)33-16-2-1-15-10-31-8-5-14(15)9-16/h1-4,9,11,31H,5-8,10,12-13H2,(H,32,33,35). The summed E-state index contributed by atoms with van der Waals surface area (Å²) in [5.41, 5.74) is 0.937. The van der Waals surface area contributed by atoms with Crippen molar-refractivity contribution in [3.8, 4) is 5.82 Å². The first-order chi connectivity index (χ1) is 18.2. The number of nitrogens with one attached hydrogen (secondary N) is 2. The summed E-state index contributed by atoms with van der Waals surface area (Å²) >= 11 is 0. The van der Waals surface area contributed by atoms with Gasteiger partial charge in [0.25, 0.3) is 5.56 Å². The highest BCUT2D eigenvalue weighted by Gasteiger charge is 2.46. The van der Waals surface area contributed by atoms with Gasteiger partial charge in [0.2, 0.25) is 5.95 Å². The molecule has 1 saturated carbocycles. The number of nitrogens with zero attached hydrogens (tertiary/aromatic N) is 5. The predicted octanol–water partition coefficient (Wildman–Crippen LogP) is 4.07. The maximum atomic E-state index is 15.1. The molecule has 1 aliphatic carbocycles. The first-order valence-corrected chi connectivity index (χ1v) is 12.1. The smallest absolute Gasteiger partial charge is 0.324 e. The van der Waals surface area contributed by atoms with Gasteiger partial charge in [-0.15, -0.1) is 0 Å². The van der Waals surface area contributed by atoms with Gasteiger partial charge < -0.3 is 10.6 Å². The molecule has 0 bridgehead atoms. The Morgan fingerprint density at radius 1 is 1.11 bits per heavy atom. The molecule has 2 aliphatic rings. The average Bonchev–Trinajstić information content (AvgIpc) is 3.65. The Morgan fingerprint density at radius 3 is 2.66 bits per heavy atom. The van der Waals surface area contributed by atoms with Crippen molar-refractivity contribution in [1.82, 2.24) is 29.6 Å². The van der Waals surface area contributed by atoms with Crippen LogP contribution in [0.1, 0.15) is 29.7 Å². The van der Waals surface area contributed by atoms with Crippen LogP contribution >= 0.6 is 0 Å². The summed E-state index contributed by atoms with van der Waals surface area (Å²) in [6.07, 6.45) is -1.91. The third-order valence-electron chi connectivity index (χ3n) is 7.03. The molecule has 1 aliphatic heterocycles. The molecular weight excluding hydrogens is 509 g/mol. The van der Waals surface area contributed by atoms with E-state index in [1.807, 2.05) is 18.2 Å². The van der Waals surface area contributed by atoms with Crippen LogP contribution in [0.2, 0.25) is 0 Å². The first-order valence-electron chi connectivity index (χ1n) is 12.1. The summed E-state index contributed by atoms with van der Waals surface area (Å²) in [4.78, 5) is 25.6. The second kappa shape index (κ2) is 8.86. The number of rotatable bonds is 6. The van der Waals surface area contributed by atoms with Crippen LogP contribution in [-0.4, -0.2) is 43.7 Å². The van der Waals surface area contributed by atoms with Gasteiger partial charge in [-0.25, -0.2) is 23.7 Å². The van der Waals surface area contributed by atoms with Crippen molar-refractivity contribution in [2.24, 2.45) is 0 Å². The van der Waals surface area contributed by atoms with Crippen LogP contribution in [0.3, 0.4) is 0 Å². The van der Waals surface area contributed by atoms with Gasteiger partial charge in [-0.05, 0) is 61.2 Å². The fraction of sp³-hybridized carbons (Fsp3) is 0.360. The highest BCUT2D eigenvalue weighted by molar-refractivity contribution is 5.77. The molecule has 1 fully saturated rings. The zero-order chi connectivity index (χ0) is 26.7. The third kappa shape index (κ3) is 4.30. The SMILES string of the molecule is O=c1c2cnc(Nc3ccc4c(c3)CCNC4)nc2n(-c2nc(C3(CF)CC3)ccc2F)n1CC(F)(F)F. The summed E-state index contributed by atoms with van der Waals surface area (Å²) in [6, 6.07) is 8.03. The first kappa shape index (κ1) is 24.5. The van der Waals surface area contributed by atoms with Crippen LogP contribution in [0, 0.1) is 5.82 Å². The van der Waals surface area contributed by atoms with Crippen molar-refractivity contribution in [1.29, 1.82) is 0 Å². The molecule has 0 radical (unpaired) electrons. The number of alkyl halides is 4. The van der Waals surface area contributed by atoms with Crippen molar-refractivity contribution in [2.75, 3.05) is 18.5 Å². The molecule has 3 aromatic heterocycles. The van der Waals surface area contributed by atoms with Crippen LogP contribution in [0.5, 0.6) is 0 Å². The lowest BCUT2D eigenvalue weighted by Gasteiger charge is -2.18. The van der Waals surface area contributed by atoms with Crippen LogP contribution in [-0.2, 0) is 24.9 Å². The minimum atomic E-state index is -4.80. The lowest BCUT2D eigenvalue weighted by Crippen LogP contribution is -2.31. The van der Waals surface area contributed by atoms with E-state index in [9.17, 15) is 22.4 Å². The quantitative estimate of drug-likeness (QED) is 0.365. The molecular formula is C25H22F5N7O. The minimum Gasteiger partial charge on any atom is -0.324 e. The number of hydrogen-bond acceptors (Lipinski definition) is 6. The summed E-state index contributed by atoms with van der Waals surface area (Å²) < 4.78 is 70.3. The molecule has 0 spiro atoms. The fourth-order valence-corrected chi connectivity index (χ4v) is 4.79. The number of anilines is 2. The van der Waals surface area contributed by atoms with Crippen molar-refractivity contribution >= 4 is 22.7 Å². The molecule has 198 valence electrons. The van der Waals surface area contributed by atoms with Crippen LogP contribution in [0.15, 0.2) is 41.3 Å². The van der Waals surface area contributed by atoms with E-state index in [4.69, 9.17) is 0 Å². The van der Waals surface area contributed by atoms with Crippen LogP contribution in [0.25, 0.3) is 16.9 Å². The Hall–Kier alpha value is -3.87. The topological polar surface area (TPSA) is 89.7 Å². The summed E-state index contributed by atoms with van der Waals surface area (Å²) in [7, 11) is 0. The lowest BCUT2D eigenvalue weighted by atomic mass is 10.0. The molecule has 8 nitrogen and oxygen atoms in total. The molecule has 13 heteroatoms. The molecule has 4 heterocycles. The van der Waals surface area contributed by atoms with E-state index in [0.29, 0.717) is 27.9 Å². The van der Waals surface area contributed by atoms with E-state index < -0.39 is 42.0 Å². The highest BCUT2D eigenvalue weighted by atomic mass is 19.4. The van der Waals surface area contributed by atoms with E-state index in [-0.39, 0.29) is 22.7 Å². The van der Waals surface area contributed by atoms with Gasteiger partial charge in [0, 0.05) is 23.8 Å². The Bertz CT molecular complexity index is 1610. The van der Waals surface area contributed by atoms with Gasteiger partial charge in [0.05, 0.1) is 5.69 Å². The number of benzene rings is 1. The molecule has 0 atom stereocenters. The summed E-state index contributed by atoms with van der Waals surface area (Å²) in [5.74, 6) is -1.54. The normalized spacial score (nSPS) is 16.4. The van der Waals surface area contributed by atoms with E-state index in [0.717, 1.165) is 42.9 Å². The van der Waals surface area contributed by atoms with Crippen LogP contribution < -0.4 is 16.2 Å². The van der Waals surface area contributed by atoms with Crippen LogP contribution in [0.4, 0.5) is 33.6 Å². The van der Waals surface area contributed by atoms with Crippen molar-refractivity contribution in [3.63, 3.8) is 0 Å². The van der Waals surface area contributed by atoms with Gasteiger partial charge in [0.1, 0.15) is 18.6 Å². The molecule has 6 rings (SSSR count). The zero-order valence-electron chi connectivity index (χ0n) is 19.9. The Balaban J connectivity index is 1.49. The lowest BCUT2D eigenvalue weighted by molar-refractivity contribution is -0.144. The number of hydrogen-bond donors (Lipinski definition) is 2. The number of fused-ring (bicyclic) bond motifs is 2. The van der Waals surface area contributed by atoms with Gasteiger partial charge in [-0.2, -0.15) is 18.2 Å². The fourth-order valence-electron chi connectivity index (χ4n) is 4.79. The Morgan fingerprint density at radius 2 is 1.92 bits per heavy atom. The number of halogens is 5. The maximum Gasteiger partial charge on any atom is 0.408 e. The second-order valence-electron chi connectivity index (χ2n) is 9.67. The third-order valence-corrected chi connectivity index (χ3v) is 7.03. The second-order valence-corrected chi connectivity index (χ2v) is 9.67. The maximum absolute atomic E-state index is 15.1. The molecule has 1 aromatic carbocycles. The summed E-state index contributed by atoms with van der Waals surface area (Å²) in [6.45, 7) is -0.860. The molecule has 0 unspecified atom stereocenters. The van der Waals surface area contributed by atoms with Gasteiger partial charge in [0.15, 0.2) is 17.3 Å². The number of aromatic nitrogens is 5. The van der Waals surface area contributed by atoms with Gasteiger partial charge in [-0.1, -0.05) is 6.07 Å². The van der Waals surface area contributed by atoms with E-state index in [1.165, 1.54) is 6.07 Å². The largest absolute Gasteiger partial charge is 0.408 e. The Labute approximate surface area is 212 Å².